The summed E-state index contributed by atoms with van der Waals surface area (Å²) in [6.07, 6.45) is 2.07. The fourth-order valence-electron chi connectivity index (χ4n) is 3.37. The first-order valence-electron chi connectivity index (χ1n) is 8.81. The number of hydrogen-bond acceptors (Lipinski definition) is 4. The predicted octanol–water partition coefficient (Wildman–Crippen LogP) is 2.93. The Morgan fingerprint density at radius 1 is 1.25 bits per heavy atom. The Kier molecular flexibility index (Phi) is 5.53. The maximum absolute atomic E-state index is 12.4. The van der Waals surface area contributed by atoms with Crippen LogP contribution in [0.4, 0.5) is 0 Å². The summed E-state index contributed by atoms with van der Waals surface area (Å²) in [5, 5.41) is 1.01. The standard InChI is InChI=1S/C19H26N2O3/c1-3-21(16-7-9-23-10-8-16)13-15-11-14-12-17(24-4-2)5-6-18(14)20-19(15)22/h5-6,11-12,16H,3-4,7-10,13H2,1-2H3,(H,20,22). The monoisotopic (exact) mass is 330 g/mol. The zero-order valence-corrected chi connectivity index (χ0v) is 14.5. The molecule has 1 saturated heterocycles. The molecule has 0 spiro atoms. The lowest BCUT2D eigenvalue weighted by Gasteiger charge is -2.33. The summed E-state index contributed by atoms with van der Waals surface area (Å²) >= 11 is 0. The fourth-order valence-corrected chi connectivity index (χ4v) is 3.37. The van der Waals surface area contributed by atoms with Crippen LogP contribution in [-0.4, -0.2) is 42.3 Å². The summed E-state index contributed by atoms with van der Waals surface area (Å²) in [6.45, 7) is 7.98. The quantitative estimate of drug-likeness (QED) is 0.885. The van der Waals surface area contributed by atoms with Gasteiger partial charge < -0.3 is 14.5 Å². The van der Waals surface area contributed by atoms with Crippen molar-refractivity contribution in [3.05, 3.63) is 40.2 Å². The third-order valence-corrected chi connectivity index (χ3v) is 4.69. The average Bonchev–Trinajstić information content (AvgIpc) is 2.61. The van der Waals surface area contributed by atoms with E-state index in [4.69, 9.17) is 9.47 Å². The number of nitrogens with one attached hydrogen (secondary N) is 1. The van der Waals surface area contributed by atoms with E-state index < -0.39 is 0 Å². The van der Waals surface area contributed by atoms with Crippen molar-refractivity contribution in [2.45, 2.75) is 39.3 Å². The van der Waals surface area contributed by atoms with Gasteiger partial charge in [-0.2, -0.15) is 0 Å². The number of aromatic nitrogens is 1. The van der Waals surface area contributed by atoms with E-state index in [1.807, 2.05) is 31.2 Å². The smallest absolute Gasteiger partial charge is 0.252 e. The zero-order valence-electron chi connectivity index (χ0n) is 14.5. The van der Waals surface area contributed by atoms with Crippen molar-refractivity contribution < 1.29 is 9.47 Å². The number of benzene rings is 1. The van der Waals surface area contributed by atoms with Crippen molar-refractivity contribution in [1.82, 2.24) is 9.88 Å². The Bertz CT molecular complexity index is 735. The van der Waals surface area contributed by atoms with Crippen molar-refractivity contribution in [3.8, 4) is 5.75 Å². The number of fused-ring (bicyclic) bond motifs is 1. The zero-order chi connectivity index (χ0) is 16.9. The van der Waals surface area contributed by atoms with Crippen LogP contribution < -0.4 is 10.3 Å². The van der Waals surface area contributed by atoms with E-state index in [2.05, 4.69) is 16.8 Å². The molecule has 1 fully saturated rings. The molecular weight excluding hydrogens is 304 g/mol. The van der Waals surface area contributed by atoms with E-state index in [0.29, 0.717) is 19.2 Å². The van der Waals surface area contributed by atoms with Crippen LogP contribution >= 0.6 is 0 Å². The molecule has 5 nitrogen and oxygen atoms in total. The summed E-state index contributed by atoms with van der Waals surface area (Å²) in [4.78, 5) is 17.8. The van der Waals surface area contributed by atoms with Crippen LogP contribution in [0.1, 0.15) is 32.3 Å². The van der Waals surface area contributed by atoms with Crippen molar-refractivity contribution in [2.75, 3.05) is 26.4 Å². The second kappa shape index (κ2) is 7.81. The normalized spacial score (nSPS) is 16.0. The molecular formula is C19H26N2O3. The second-order valence-electron chi connectivity index (χ2n) is 6.21. The van der Waals surface area contributed by atoms with Crippen molar-refractivity contribution in [2.24, 2.45) is 0 Å². The number of H-pyrrole nitrogens is 1. The SMILES string of the molecule is CCOc1ccc2[nH]c(=O)c(CN(CC)C3CCOCC3)cc2c1. The highest BCUT2D eigenvalue weighted by Crippen LogP contribution is 2.21. The van der Waals surface area contributed by atoms with Crippen LogP contribution in [0.15, 0.2) is 29.1 Å². The summed E-state index contributed by atoms with van der Waals surface area (Å²) in [5.74, 6) is 0.833. The van der Waals surface area contributed by atoms with Crippen molar-refractivity contribution in [3.63, 3.8) is 0 Å². The van der Waals surface area contributed by atoms with Gasteiger partial charge in [0.1, 0.15) is 5.75 Å². The van der Waals surface area contributed by atoms with Crippen LogP contribution in [0.25, 0.3) is 10.9 Å². The highest BCUT2D eigenvalue weighted by molar-refractivity contribution is 5.80. The van der Waals surface area contributed by atoms with Gasteiger partial charge in [-0.3, -0.25) is 9.69 Å². The van der Waals surface area contributed by atoms with Gasteiger partial charge in [-0.05, 0) is 50.6 Å². The number of nitrogens with zero attached hydrogens (tertiary/aromatic N) is 1. The number of ether oxygens (including phenoxy) is 2. The van der Waals surface area contributed by atoms with E-state index in [-0.39, 0.29) is 5.56 Å². The minimum absolute atomic E-state index is 0.00262. The van der Waals surface area contributed by atoms with E-state index in [1.54, 1.807) is 0 Å². The molecule has 0 aliphatic carbocycles. The van der Waals surface area contributed by atoms with Gasteiger partial charge in [0.05, 0.1) is 6.61 Å². The van der Waals surface area contributed by atoms with Crippen molar-refractivity contribution >= 4 is 10.9 Å². The number of rotatable bonds is 6. The highest BCUT2D eigenvalue weighted by Gasteiger charge is 2.21. The first kappa shape index (κ1) is 17.0. The summed E-state index contributed by atoms with van der Waals surface area (Å²) in [6, 6.07) is 8.28. The minimum atomic E-state index is -0.00262. The molecule has 0 atom stereocenters. The van der Waals surface area contributed by atoms with E-state index in [9.17, 15) is 4.79 Å². The first-order chi connectivity index (χ1) is 11.7. The first-order valence-corrected chi connectivity index (χ1v) is 8.81. The van der Waals surface area contributed by atoms with Gasteiger partial charge in [0.25, 0.3) is 5.56 Å². The van der Waals surface area contributed by atoms with Gasteiger partial charge in [-0.1, -0.05) is 6.92 Å². The summed E-state index contributed by atoms with van der Waals surface area (Å²) < 4.78 is 11.0. The Morgan fingerprint density at radius 3 is 2.75 bits per heavy atom. The molecule has 0 saturated carbocycles. The molecule has 2 aromatic rings. The third-order valence-electron chi connectivity index (χ3n) is 4.69. The largest absolute Gasteiger partial charge is 0.494 e. The molecule has 1 aromatic carbocycles. The molecule has 5 heteroatoms. The molecule has 24 heavy (non-hydrogen) atoms. The molecule has 130 valence electrons. The van der Waals surface area contributed by atoms with E-state index >= 15 is 0 Å². The van der Waals surface area contributed by atoms with E-state index in [0.717, 1.165) is 54.8 Å². The lowest BCUT2D eigenvalue weighted by atomic mass is 10.1. The molecule has 0 amide bonds. The van der Waals surface area contributed by atoms with Gasteiger partial charge in [0, 0.05) is 42.3 Å². The molecule has 1 aliphatic heterocycles. The lowest BCUT2D eigenvalue weighted by Crippen LogP contribution is -2.39. The molecule has 0 bridgehead atoms. The number of pyridine rings is 1. The van der Waals surface area contributed by atoms with Gasteiger partial charge in [0.15, 0.2) is 0 Å². The molecule has 0 unspecified atom stereocenters. The summed E-state index contributed by atoms with van der Waals surface area (Å²) in [5.41, 5.74) is 1.66. The average molecular weight is 330 g/mol. The Balaban J connectivity index is 1.86. The number of hydrogen-bond donors (Lipinski definition) is 1. The Morgan fingerprint density at radius 2 is 2.04 bits per heavy atom. The lowest BCUT2D eigenvalue weighted by molar-refractivity contribution is 0.0329. The molecule has 0 radical (unpaired) electrons. The Hall–Kier alpha value is -1.85. The maximum atomic E-state index is 12.4. The van der Waals surface area contributed by atoms with Gasteiger partial charge >= 0.3 is 0 Å². The van der Waals surface area contributed by atoms with Crippen LogP contribution in [0.5, 0.6) is 5.75 Å². The fraction of sp³-hybridized carbons (Fsp3) is 0.526. The third kappa shape index (κ3) is 3.79. The Labute approximate surface area is 142 Å². The molecule has 1 N–H and O–H groups in total. The van der Waals surface area contributed by atoms with Gasteiger partial charge in [-0.15, -0.1) is 0 Å². The second-order valence-corrected chi connectivity index (χ2v) is 6.21. The van der Waals surface area contributed by atoms with Gasteiger partial charge in [0.2, 0.25) is 0 Å². The maximum Gasteiger partial charge on any atom is 0.252 e. The predicted molar refractivity (Wildman–Crippen MR) is 95.7 cm³/mol. The van der Waals surface area contributed by atoms with Crippen LogP contribution in [0, 0.1) is 0 Å². The van der Waals surface area contributed by atoms with Crippen LogP contribution in [0.3, 0.4) is 0 Å². The molecule has 1 aliphatic rings. The highest BCUT2D eigenvalue weighted by atomic mass is 16.5. The minimum Gasteiger partial charge on any atom is -0.494 e. The topological polar surface area (TPSA) is 54.6 Å². The molecule has 2 heterocycles. The van der Waals surface area contributed by atoms with Crippen LogP contribution in [-0.2, 0) is 11.3 Å². The van der Waals surface area contributed by atoms with Crippen molar-refractivity contribution in [1.29, 1.82) is 0 Å². The van der Waals surface area contributed by atoms with Gasteiger partial charge in [-0.25, -0.2) is 0 Å². The number of aromatic amines is 1. The molecule has 1 aromatic heterocycles. The summed E-state index contributed by atoms with van der Waals surface area (Å²) in [7, 11) is 0. The molecule has 3 rings (SSSR count). The van der Waals surface area contributed by atoms with E-state index in [1.165, 1.54) is 0 Å². The van der Waals surface area contributed by atoms with Crippen LogP contribution in [0.2, 0.25) is 0 Å².